The van der Waals surface area contributed by atoms with Crippen LogP contribution in [0.25, 0.3) is 5.65 Å². The second-order valence-corrected chi connectivity index (χ2v) is 5.63. The van der Waals surface area contributed by atoms with Crippen LogP contribution in [-0.4, -0.2) is 15.3 Å². The van der Waals surface area contributed by atoms with Crippen LogP contribution in [0.4, 0.5) is 5.69 Å². The first-order valence-electron chi connectivity index (χ1n) is 8.16. The van der Waals surface area contributed by atoms with Gasteiger partial charge in [0.1, 0.15) is 18.0 Å². The summed E-state index contributed by atoms with van der Waals surface area (Å²) >= 11 is 0. The Balaban J connectivity index is 1.65. The summed E-state index contributed by atoms with van der Waals surface area (Å²) in [7, 11) is 0. The van der Waals surface area contributed by atoms with Crippen molar-refractivity contribution in [3.63, 3.8) is 0 Å². The third-order valence-corrected chi connectivity index (χ3v) is 3.63. The molecule has 1 aromatic carbocycles. The molecule has 3 aromatic rings. The molecule has 0 aliphatic rings. The first-order valence-corrected chi connectivity index (χ1v) is 8.16. The Labute approximate surface area is 145 Å². The fraction of sp³-hybridized carbons (Fsp3) is 0.211. The largest absolute Gasteiger partial charge is 0.487 e. The average Bonchev–Trinajstić information content (AvgIpc) is 2.61. The first kappa shape index (κ1) is 16.7. The summed E-state index contributed by atoms with van der Waals surface area (Å²) in [5.74, 6) is 0.639. The van der Waals surface area contributed by atoms with Gasteiger partial charge < -0.3 is 10.1 Å². The van der Waals surface area contributed by atoms with E-state index >= 15 is 0 Å². The summed E-state index contributed by atoms with van der Waals surface area (Å²) in [6.07, 6.45) is 2.99. The fourth-order valence-corrected chi connectivity index (χ4v) is 2.42. The molecule has 0 fully saturated rings. The molecule has 0 radical (unpaired) electrons. The molecular weight excluding hydrogens is 318 g/mol. The van der Waals surface area contributed by atoms with Crippen LogP contribution in [0.15, 0.2) is 59.5 Å². The SMILES string of the molecule is CCCC(=O)Nc1ccc(OCc2cc(=O)n3ccccc3n2)cc1. The van der Waals surface area contributed by atoms with Gasteiger partial charge >= 0.3 is 0 Å². The van der Waals surface area contributed by atoms with Gasteiger partial charge in [-0.15, -0.1) is 0 Å². The number of carbonyl (C=O) groups is 1. The highest BCUT2D eigenvalue weighted by Crippen LogP contribution is 2.17. The number of amides is 1. The van der Waals surface area contributed by atoms with E-state index in [2.05, 4.69) is 10.3 Å². The highest BCUT2D eigenvalue weighted by Gasteiger charge is 2.04. The van der Waals surface area contributed by atoms with E-state index in [4.69, 9.17) is 4.74 Å². The molecule has 0 saturated carbocycles. The van der Waals surface area contributed by atoms with Gasteiger partial charge in [-0.05, 0) is 42.8 Å². The smallest absolute Gasteiger partial charge is 0.258 e. The van der Waals surface area contributed by atoms with Gasteiger partial charge in [-0.2, -0.15) is 0 Å². The number of hydrogen-bond acceptors (Lipinski definition) is 4. The van der Waals surface area contributed by atoms with Crippen LogP contribution in [0.1, 0.15) is 25.5 Å². The summed E-state index contributed by atoms with van der Waals surface area (Å²) in [5, 5.41) is 2.82. The van der Waals surface area contributed by atoms with E-state index in [0.717, 1.165) is 12.1 Å². The molecule has 128 valence electrons. The zero-order valence-electron chi connectivity index (χ0n) is 13.9. The minimum absolute atomic E-state index is 0.00277. The maximum Gasteiger partial charge on any atom is 0.258 e. The van der Waals surface area contributed by atoms with Gasteiger partial charge in [0, 0.05) is 24.4 Å². The minimum Gasteiger partial charge on any atom is -0.487 e. The molecule has 2 heterocycles. The van der Waals surface area contributed by atoms with E-state index in [1.54, 1.807) is 42.6 Å². The summed E-state index contributed by atoms with van der Waals surface area (Å²) in [6, 6.07) is 14.0. The van der Waals surface area contributed by atoms with E-state index in [1.807, 2.05) is 13.0 Å². The van der Waals surface area contributed by atoms with E-state index in [9.17, 15) is 9.59 Å². The lowest BCUT2D eigenvalue weighted by Gasteiger charge is -2.08. The molecule has 25 heavy (non-hydrogen) atoms. The van der Waals surface area contributed by atoms with Crippen molar-refractivity contribution >= 4 is 17.2 Å². The molecule has 1 N–H and O–H groups in total. The number of pyridine rings is 1. The third kappa shape index (κ3) is 4.23. The van der Waals surface area contributed by atoms with Crippen LogP contribution in [0, 0.1) is 0 Å². The molecule has 0 unspecified atom stereocenters. The molecule has 0 bridgehead atoms. The molecule has 0 aliphatic carbocycles. The monoisotopic (exact) mass is 337 g/mol. The highest BCUT2D eigenvalue weighted by atomic mass is 16.5. The average molecular weight is 337 g/mol. The molecule has 3 rings (SSSR count). The lowest BCUT2D eigenvalue weighted by molar-refractivity contribution is -0.116. The number of carbonyl (C=O) groups excluding carboxylic acids is 1. The van der Waals surface area contributed by atoms with Crippen molar-refractivity contribution in [1.29, 1.82) is 0 Å². The quantitative estimate of drug-likeness (QED) is 0.750. The number of nitrogens with zero attached hydrogens (tertiary/aromatic N) is 2. The number of ether oxygens (including phenoxy) is 1. The normalized spacial score (nSPS) is 10.6. The van der Waals surface area contributed by atoms with Crippen LogP contribution < -0.4 is 15.6 Å². The molecular formula is C19H19N3O3. The van der Waals surface area contributed by atoms with Crippen LogP contribution in [0.2, 0.25) is 0 Å². The van der Waals surface area contributed by atoms with Gasteiger partial charge in [-0.25, -0.2) is 4.98 Å². The lowest BCUT2D eigenvalue weighted by atomic mass is 10.2. The Morgan fingerprint density at radius 3 is 2.76 bits per heavy atom. The summed E-state index contributed by atoms with van der Waals surface area (Å²) < 4.78 is 7.16. The van der Waals surface area contributed by atoms with E-state index in [-0.39, 0.29) is 18.1 Å². The molecule has 6 heteroatoms. The van der Waals surface area contributed by atoms with E-state index in [1.165, 1.54) is 10.5 Å². The second-order valence-electron chi connectivity index (χ2n) is 5.63. The van der Waals surface area contributed by atoms with Crippen molar-refractivity contribution < 1.29 is 9.53 Å². The number of benzene rings is 1. The van der Waals surface area contributed by atoms with E-state index < -0.39 is 0 Å². The standard InChI is InChI=1S/C19H19N3O3/c1-2-5-18(23)21-14-7-9-16(10-8-14)25-13-15-12-19(24)22-11-4-3-6-17(22)20-15/h3-4,6-12H,2,5,13H2,1H3,(H,21,23). The van der Waals surface area contributed by atoms with Crippen molar-refractivity contribution in [2.75, 3.05) is 5.32 Å². The number of rotatable bonds is 6. The third-order valence-electron chi connectivity index (χ3n) is 3.63. The van der Waals surface area contributed by atoms with E-state index in [0.29, 0.717) is 23.5 Å². The molecule has 1 amide bonds. The van der Waals surface area contributed by atoms with Crippen LogP contribution in [0.3, 0.4) is 0 Å². The number of anilines is 1. The number of nitrogens with one attached hydrogen (secondary N) is 1. The Kier molecular flexibility index (Phi) is 5.09. The van der Waals surface area contributed by atoms with Gasteiger partial charge in [-0.1, -0.05) is 13.0 Å². The fourth-order valence-electron chi connectivity index (χ4n) is 2.42. The maximum absolute atomic E-state index is 12.0. The zero-order chi connectivity index (χ0) is 17.6. The van der Waals surface area contributed by atoms with Crippen LogP contribution in [0.5, 0.6) is 5.75 Å². The zero-order valence-corrected chi connectivity index (χ0v) is 13.9. The van der Waals surface area contributed by atoms with Crippen LogP contribution >= 0.6 is 0 Å². The number of fused-ring (bicyclic) bond motifs is 1. The number of hydrogen-bond donors (Lipinski definition) is 1. The minimum atomic E-state index is -0.141. The Hall–Kier alpha value is -3.15. The maximum atomic E-state index is 12.0. The van der Waals surface area contributed by atoms with Gasteiger partial charge in [0.2, 0.25) is 5.91 Å². The molecule has 0 saturated heterocycles. The molecule has 6 nitrogen and oxygen atoms in total. The molecule has 2 aromatic heterocycles. The second kappa shape index (κ2) is 7.61. The van der Waals surface area contributed by atoms with Gasteiger partial charge in [0.25, 0.3) is 5.56 Å². The predicted molar refractivity (Wildman–Crippen MR) is 95.8 cm³/mol. The van der Waals surface area contributed by atoms with Crippen molar-refractivity contribution in [1.82, 2.24) is 9.38 Å². The van der Waals surface area contributed by atoms with Crippen molar-refractivity contribution in [2.24, 2.45) is 0 Å². The highest BCUT2D eigenvalue weighted by molar-refractivity contribution is 5.90. The predicted octanol–water partition coefficient (Wildman–Crippen LogP) is 3.01. The Morgan fingerprint density at radius 1 is 1.20 bits per heavy atom. The van der Waals surface area contributed by atoms with Gasteiger partial charge in [-0.3, -0.25) is 14.0 Å². The van der Waals surface area contributed by atoms with Gasteiger partial charge in [0.15, 0.2) is 0 Å². The Morgan fingerprint density at radius 2 is 2.00 bits per heavy atom. The molecule has 0 aliphatic heterocycles. The first-order chi connectivity index (χ1) is 12.2. The number of aromatic nitrogens is 2. The lowest BCUT2D eigenvalue weighted by Crippen LogP contribution is -2.16. The van der Waals surface area contributed by atoms with Crippen molar-refractivity contribution in [2.45, 2.75) is 26.4 Å². The van der Waals surface area contributed by atoms with Crippen molar-refractivity contribution in [3.8, 4) is 5.75 Å². The summed E-state index contributed by atoms with van der Waals surface area (Å²) in [5.41, 5.74) is 1.74. The topological polar surface area (TPSA) is 72.7 Å². The Bertz CT molecular complexity index is 933. The molecule has 0 atom stereocenters. The van der Waals surface area contributed by atoms with Gasteiger partial charge in [0.05, 0.1) is 5.69 Å². The van der Waals surface area contributed by atoms with Crippen molar-refractivity contribution in [3.05, 3.63) is 70.8 Å². The molecule has 0 spiro atoms. The summed E-state index contributed by atoms with van der Waals surface area (Å²) in [6.45, 7) is 2.16. The van der Waals surface area contributed by atoms with Crippen LogP contribution in [-0.2, 0) is 11.4 Å². The summed E-state index contributed by atoms with van der Waals surface area (Å²) in [4.78, 5) is 28.0.